The molecule has 18 heavy (non-hydrogen) atoms. The van der Waals surface area contributed by atoms with Crippen LogP contribution in [0.2, 0.25) is 0 Å². The smallest absolute Gasteiger partial charge is 0.273 e. The van der Waals surface area contributed by atoms with Gasteiger partial charge in [0.15, 0.2) is 11.1 Å². The summed E-state index contributed by atoms with van der Waals surface area (Å²) in [5.74, 6) is 0. The highest BCUT2D eigenvalue weighted by Crippen LogP contribution is 2.29. The van der Waals surface area contributed by atoms with Gasteiger partial charge in [0.05, 0.1) is 11.5 Å². The number of alkyl halides is 2. The van der Waals surface area contributed by atoms with Gasteiger partial charge in [0.2, 0.25) is 0 Å². The molecule has 0 bridgehead atoms. The zero-order valence-electron chi connectivity index (χ0n) is 9.68. The Morgan fingerprint density at radius 2 is 2.11 bits per heavy atom. The van der Waals surface area contributed by atoms with Crippen LogP contribution in [0.1, 0.15) is 23.1 Å². The van der Waals surface area contributed by atoms with Gasteiger partial charge in [-0.15, -0.1) is 0 Å². The molecule has 1 atom stereocenters. The second-order valence-electron chi connectivity index (χ2n) is 3.55. The molecular weight excluding hydrogens is 268 g/mol. The molecule has 0 amide bonds. The van der Waals surface area contributed by atoms with Crippen LogP contribution in [0.4, 0.5) is 14.5 Å². The summed E-state index contributed by atoms with van der Waals surface area (Å²) in [5, 5.41) is 10.7. The van der Waals surface area contributed by atoms with Crippen LogP contribution in [0.15, 0.2) is 12.1 Å². The normalized spacial score (nSPS) is 12.7. The Morgan fingerprint density at radius 1 is 1.50 bits per heavy atom. The summed E-state index contributed by atoms with van der Waals surface area (Å²) in [6.07, 6.45) is -1.53. The fourth-order valence-corrected chi connectivity index (χ4v) is 1.69. The van der Waals surface area contributed by atoms with Gasteiger partial charge in [-0.25, -0.2) is 13.0 Å². The van der Waals surface area contributed by atoms with Gasteiger partial charge in [0.25, 0.3) is 12.1 Å². The molecule has 5 nitrogen and oxygen atoms in total. The SMILES string of the molecule is Cc1c(COS(C)=O)cc(C(F)F)cc1[N+](=O)[O-]. The first kappa shape index (κ1) is 14.7. The van der Waals surface area contributed by atoms with Gasteiger partial charge in [0, 0.05) is 23.4 Å². The Balaban J connectivity index is 3.22. The molecule has 1 aromatic carbocycles. The van der Waals surface area contributed by atoms with E-state index in [2.05, 4.69) is 0 Å². The van der Waals surface area contributed by atoms with E-state index in [-0.39, 0.29) is 17.7 Å². The highest BCUT2D eigenvalue weighted by molar-refractivity contribution is 7.79. The molecule has 1 unspecified atom stereocenters. The van der Waals surface area contributed by atoms with Crippen LogP contribution >= 0.6 is 0 Å². The number of rotatable bonds is 5. The van der Waals surface area contributed by atoms with Crippen molar-refractivity contribution in [2.24, 2.45) is 0 Å². The largest absolute Gasteiger partial charge is 0.286 e. The molecule has 0 aliphatic heterocycles. The number of hydrogen-bond donors (Lipinski definition) is 0. The van der Waals surface area contributed by atoms with Crippen molar-refractivity contribution in [3.05, 3.63) is 38.9 Å². The third kappa shape index (κ3) is 3.54. The minimum atomic E-state index is -2.81. The third-order valence-electron chi connectivity index (χ3n) is 2.34. The minimum Gasteiger partial charge on any atom is -0.286 e. The number of benzene rings is 1. The molecule has 0 radical (unpaired) electrons. The van der Waals surface area contributed by atoms with Crippen LogP contribution in [0, 0.1) is 17.0 Å². The van der Waals surface area contributed by atoms with E-state index in [9.17, 15) is 23.1 Å². The number of nitro groups is 1. The van der Waals surface area contributed by atoms with E-state index >= 15 is 0 Å². The van der Waals surface area contributed by atoms with E-state index in [1.165, 1.54) is 13.2 Å². The molecule has 0 aliphatic rings. The summed E-state index contributed by atoms with van der Waals surface area (Å²) >= 11 is -1.57. The molecule has 0 saturated heterocycles. The standard InChI is InChI=1S/C10H11F2NO4S/c1-6-8(5-17-18(2)16)3-7(10(11)12)4-9(6)13(14)15/h3-4,10H,5H2,1-2H3. The van der Waals surface area contributed by atoms with Crippen molar-refractivity contribution in [2.45, 2.75) is 20.0 Å². The fourth-order valence-electron chi connectivity index (χ4n) is 1.39. The summed E-state index contributed by atoms with van der Waals surface area (Å²) in [7, 11) is 0. The van der Waals surface area contributed by atoms with Crippen molar-refractivity contribution < 1.29 is 22.1 Å². The van der Waals surface area contributed by atoms with Gasteiger partial charge < -0.3 is 0 Å². The van der Waals surface area contributed by atoms with Crippen LogP contribution in [0.3, 0.4) is 0 Å². The van der Waals surface area contributed by atoms with Crippen molar-refractivity contribution in [3.63, 3.8) is 0 Å². The third-order valence-corrected chi connectivity index (χ3v) is 2.79. The molecule has 0 N–H and O–H groups in total. The van der Waals surface area contributed by atoms with Crippen LogP contribution in [-0.2, 0) is 21.9 Å². The van der Waals surface area contributed by atoms with Crippen molar-refractivity contribution >= 4 is 16.8 Å². The Hall–Kier alpha value is -1.41. The number of nitro benzene ring substituents is 1. The first-order chi connectivity index (χ1) is 8.32. The summed E-state index contributed by atoms with van der Waals surface area (Å²) in [6.45, 7) is 1.22. The van der Waals surface area contributed by atoms with E-state index in [1.54, 1.807) is 0 Å². The predicted octanol–water partition coefficient (Wildman–Crippen LogP) is 2.65. The lowest BCUT2D eigenvalue weighted by atomic mass is 10.0. The fraction of sp³-hybridized carbons (Fsp3) is 0.400. The maximum atomic E-state index is 12.6. The van der Waals surface area contributed by atoms with Gasteiger partial charge in [-0.3, -0.25) is 14.3 Å². The monoisotopic (exact) mass is 279 g/mol. The molecule has 8 heteroatoms. The van der Waals surface area contributed by atoms with Crippen molar-refractivity contribution in [1.29, 1.82) is 0 Å². The summed E-state index contributed by atoms with van der Waals surface area (Å²) in [6, 6.07) is 1.96. The predicted molar refractivity (Wildman–Crippen MR) is 61.6 cm³/mol. The summed E-state index contributed by atoms with van der Waals surface area (Å²) in [4.78, 5) is 10.0. The Morgan fingerprint density at radius 3 is 2.56 bits per heavy atom. The lowest BCUT2D eigenvalue weighted by molar-refractivity contribution is -0.385. The molecule has 1 rings (SSSR count). The Bertz CT molecular complexity index is 493. The van der Waals surface area contributed by atoms with Gasteiger partial charge in [-0.05, 0) is 18.6 Å². The zero-order chi connectivity index (χ0) is 13.9. The van der Waals surface area contributed by atoms with Crippen LogP contribution in [-0.4, -0.2) is 15.4 Å². The molecule has 0 saturated carbocycles. The summed E-state index contributed by atoms with van der Waals surface area (Å²) < 4.78 is 40.8. The maximum Gasteiger partial charge on any atom is 0.273 e. The topological polar surface area (TPSA) is 69.4 Å². The molecule has 100 valence electrons. The second-order valence-corrected chi connectivity index (χ2v) is 4.58. The first-order valence-corrected chi connectivity index (χ1v) is 6.34. The van der Waals surface area contributed by atoms with E-state index in [4.69, 9.17) is 4.18 Å². The van der Waals surface area contributed by atoms with Crippen molar-refractivity contribution in [1.82, 2.24) is 0 Å². The number of nitrogens with zero attached hydrogens (tertiary/aromatic N) is 1. The van der Waals surface area contributed by atoms with E-state index in [1.807, 2.05) is 0 Å². The Labute approximate surface area is 105 Å². The molecular formula is C10H11F2NO4S. The molecule has 0 aliphatic carbocycles. The number of halogens is 2. The average Bonchev–Trinajstić information content (AvgIpc) is 2.26. The van der Waals surface area contributed by atoms with Crippen molar-refractivity contribution in [3.8, 4) is 0 Å². The second kappa shape index (κ2) is 5.96. The van der Waals surface area contributed by atoms with Gasteiger partial charge in [-0.2, -0.15) is 0 Å². The Kier molecular flexibility index (Phi) is 4.85. The van der Waals surface area contributed by atoms with Gasteiger partial charge >= 0.3 is 0 Å². The van der Waals surface area contributed by atoms with E-state index < -0.39 is 33.7 Å². The van der Waals surface area contributed by atoms with Crippen LogP contribution in [0.25, 0.3) is 0 Å². The maximum absolute atomic E-state index is 12.6. The van der Waals surface area contributed by atoms with Crippen LogP contribution in [0.5, 0.6) is 0 Å². The molecule has 1 aromatic rings. The van der Waals surface area contributed by atoms with E-state index in [0.717, 1.165) is 12.1 Å². The van der Waals surface area contributed by atoms with Gasteiger partial charge in [-0.1, -0.05) is 0 Å². The lowest BCUT2D eigenvalue weighted by Gasteiger charge is -2.09. The summed E-state index contributed by atoms with van der Waals surface area (Å²) in [5.41, 5.74) is -0.384. The first-order valence-electron chi connectivity index (χ1n) is 4.85. The van der Waals surface area contributed by atoms with Gasteiger partial charge in [0.1, 0.15) is 0 Å². The average molecular weight is 279 g/mol. The minimum absolute atomic E-state index is 0.212. The molecule has 0 aromatic heterocycles. The zero-order valence-corrected chi connectivity index (χ0v) is 10.5. The lowest BCUT2D eigenvalue weighted by Crippen LogP contribution is -2.03. The molecule has 0 fully saturated rings. The van der Waals surface area contributed by atoms with Crippen LogP contribution < -0.4 is 0 Å². The quantitative estimate of drug-likeness (QED) is 0.613. The molecule has 0 spiro atoms. The van der Waals surface area contributed by atoms with Crippen molar-refractivity contribution in [2.75, 3.05) is 6.26 Å². The highest BCUT2D eigenvalue weighted by atomic mass is 32.2. The molecule has 0 heterocycles. The van der Waals surface area contributed by atoms with E-state index in [0.29, 0.717) is 0 Å². The highest BCUT2D eigenvalue weighted by Gasteiger charge is 2.20. The number of hydrogen-bond acceptors (Lipinski definition) is 4.